The van der Waals surface area contributed by atoms with Crippen LogP contribution in [0.1, 0.15) is 121 Å². The van der Waals surface area contributed by atoms with Crippen LogP contribution in [0, 0.1) is 44.7 Å². The number of aliphatic carboxylic acids is 2. The number of amides is 3. The fraction of sp³-hybridized carbons (Fsp3) is 0.417. The number of carboxylic acids is 2. The first-order valence-corrected chi connectivity index (χ1v) is 22.5. The topological polar surface area (TPSA) is 295 Å². The highest BCUT2D eigenvalue weighted by Gasteiger charge is 2.25. The highest BCUT2D eigenvalue weighted by Crippen LogP contribution is 2.23. The summed E-state index contributed by atoms with van der Waals surface area (Å²) < 4.78 is 6.66. The third-order valence-electron chi connectivity index (χ3n) is 11.9. The van der Waals surface area contributed by atoms with Crippen LogP contribution in [0.5, 0.6) is 0 Å². The molecule has 9 N–H and O–H groups in total. The van der Waals surface area contributed by atoms with E-state index in [1.807, 2.05) is 58.1 Å². The van der Waals surface area contributed by atoms with Crippen molar-refractivity contribution in [3.63, 3.8) is 0 Å². The second kappa shape index (κ2) is 20.9. The van der Waals surface area contributed by atoms with E-state index in [1.54, 1.807) is 27.7 Å². The van der Waals surface area contributed by atoms with Gasteiger partial charge in [0.05, 0.1) is 17.5 Å². The summed E-state index contributed by atoms with van der Waals surface area (Å²) >= 11 is 0. The van der Waals surface area contributed by atoms with Crippen molar-refractivity contribution in [2.75, 3.05) is 11.9 Å². The van der Waals surface area contributed by atoms with E-state index in [0.29, 0.717) is 57.4 Å². The fourth-order valence-corrected chi connectivity index (χ4v) is 8.29. The van der Waals surface area contributed by atoms with Gasteiger partial charge in [-0.3, -0.25) is 19.2 Å². The number of nitro groups is 1. The molecular formula is C48H60N10O10. The van der Waals surface area contributed by atoms with Crippen LogP contribution >= 0.6 is 0 Å². The first-order valence-electron chi connectivity index (χ1n) is 22.5. The zero-order valence-electron chi connectivity index (χ0n) is 39.6. The number of carboxylic acid groups (broad SMARTS) is 2. The van der Waals surface area contributed by atoms with Gasteiger partial charge in [-0.05, 0) is 149 Å². The van der Waals surface area contributed by atoms with Gasteiger partial charge in [0.15, 0.2) is 5.82 Å². The summed E-state index contributed by atoms with van der Waals surface area (Å²) in [4.78, 5) is 93.0. The normalized spacial score (nSPS) is 12.5. The van der Waals surface area contributed by atoms with Crippen LogP contribution in [0.2, 0.25) is 0 Å². The number of aromatic amines is 4. The lowest BCUT2D eigenvalue weighted by Crippen LogP contribution is -2.44. The average Bonchev–Trinajstić information content (AvgIpc) is 4.02. The van der Waals surface area contributed by atoms with Crippen molar-refractivity contribution in [1.29, 1.82) is 0 Å². The molecule has 0 saturated carbocycles. The summed E-state index contributed by atoms with van der Waals surface area (Å²) in [6, 6.07) is 0.921. The van der Waals surface area contributed by atoms with Gasteiger partial charge in [-0.1, -0.05) is 0 Å². The number of ether oxygens (including phenoxy) is 1. The molecule has 0 fully saturated rings. The molecule has 1 aliphatic heterocycles. The van der Waals surface area contributed by atoms with E-state index in [2.05, 4.69) is 40.9 Å². The second-order valence-electron chi connectivity index (χ2n) is 18.1. The van der Waals surface area contributed by atoms with Crippen LogP contribution in [0.4, 0.5) is 16.3 Å². The molecule has 1 aliphatic rings. The van der Waals surface area contributed by atoms with Crippen LogP contribution < -0.4 is 37.3 Å². The van der Waals surface area contributed by atoms with Gasteiger partial charge in [0.2, 0.25) is 11.8 Å². The number of carbonyl (C=O) groups excluding carboxylic acids is 3. The summed E-state index contributed by atoms with van der Waals surface area (Å²) in [5.41, 5.74) is 7.38. The number of alkyl carbamates (subject to hydrolysis) is 1. The highest BCUT2D eigenvalue weighted by atomic mass is 16.6. The summed E-state index contributed by atoms with van der Waals surface area (Å²) in [5.74, 6) is -2.86. The van der Waals surface area contributed by atoms with Gasteiger partial charge in [-0.2, -0.15) is 0 Å². The highest BCUT2D eigenvalue weighted by molar-refractivity contribution is 5.98. The maximum absolute atomic E-state index is 14.5. The zero-order valence-corrected chi connectivity index (χ0v) is 39.6. The molecule has 5 aromatic heterocycles. The van der Waals surface area contributed by atoms with Crippen molar-refractivity contribution < 1.29 is 43.8 Å². The Morgan fingerprint density at radius 3 is 2.12 bits per heavy atom. The lowest BCUT2D eigenvalue weighted by molar-refractivity contribution is -0.392. The molecule has 0 saturated heterocycles. The van der Waals surface area contributed by atoms with Crippen LogP contribution in [0.15, 0.2) is 12.3 Å². The number of anilines is 1. The minimum absolute atomic E-state index is 0.0490. The van der Waals surface area contributed by atoms with Gasteiger partial charge in [-0.15, -0.1) is 0 Å². The summed E-state index contributed by atoms with van der Waals surface area (Å²) in [7, 11) is 0. The van der Waals surface area contributed by atoms with Gasteiger partial charge >= 0.3 is 23.8 Å². The SMILES string of the molecule is Cc1cc2[nH]c1C=c1[nH]c(c(CCC(=O)O)c1C)=Cc1[nH]c(c(C)c1CCC(=O)O)C=c1[nH]c(c(C)c1NC(=O)C(CCCCNC(=O)OC(C)(C)C)NC(=O)CCn1c([N+](=O)[O-])cnc1C)=C2. The summed E-state index contributed by atoms with van der Waals surface area (Å²) in [6.07, 6.45) is 9.21. The minimum Gasteiger partial charge on any atom is -0.481 e. The van der Waals surface area contributed by atoms with E-state index < -0.39 is 46.4 Å². The van der Waals surface area contributed by atoms with Crippen LogP contribution in [-0.4, -0.2) is 92.7 Å². The van der Waals surface area contributed by atoms with Gasteiger partial charge in [0.25, 0.3) is 0 Å². The number of aryl methyl sites for hydroxylation is 2. The molecule has 1 atom stereocenters. The zero-order chi connectivity index (χ0) is 49.6. The number of imidazole rings is 1. The fourth-order valence-electron chi connectivity index (χ4n) is 8.29. The van der Waals surface area contributed by atoms with Crippen LogP contribution in [-0.2, 0) is 43.3 Å². The van der Waals surface area contributed by atoms with Crippen molar-refractivity contribution in [1.82, 2.24) is 40.1 Å². The lowest BCUT2D eigenvalue weighted by atomic mass is 10.0. The molecule has 20 heteroatoms. The van der Waals surface area contributed by atoms with Crippen molar-refractivity contribution in [2.24, 2.45) is 0 Å². The molecule has 20 nitrogen and oxygen atoms in total. The minimum atomic E-state index is -1.07. The van der Waals surface area contributed by atoms with Gasteiger partial charge in [0.1, 0.15) is 24.4 Å². The molecule has 3 amide bonds. The predicted molar refractivity (Wildman–Crippen MR) is 254 cm³/mol. The quantitative estimate of drug-likeness (QED) is 0.0341. The Hall–Kier alpha value is -7.64. The molecule has 68 heavy (non-hydrogen) atoms. The second-order valence-corrected chi connectivity index (χ2v) is 18.1. The number of unbranched alkanes of at least 4 members (excludes halogenated alkanes) is 1. The number of rotatable bonds is 18. The maximum Gasteiger partial charge on any atom is 0.407 e. The Morgan fingerprint density at radius 1 is 0.794 bits per heavy atom. The number of nitrogens with one attached hydrogen (secondary N) is 7. The van der Waals surface area contributed by atoms with Crippen LogP contribution in [0.25, 0.3) is 24.3 Å². The molecular weight excluding hydrogens is 877 g/mol. The Balaban J connectivity index is 1.41. The van der Waals surface area contributed by atoms with Crippen molar-refractivity contribution >= 4 is 65.7 Å². The number of nitrogens with zero attached hydrogens (tertiary/aromatic N) is 3. The molecule has 1 unspecified atom stereocenters. The van der Waals surface area contributed by atoms with Crippen LogP contribution in [0.3, 0.4) is 0 Å². The first kappa shape index (κ1) is 49.8. The van der Waals surface area contributed by atoms with E-state index in [-0.39, 0.29) is 57.4 Å². The standard InChI is InChI=1S/C48H60N10O10/c1-25-19-30-20-35-28(4)45(56-46(64)33(11-9-10-17-49-47(65)68-48(6,7)8)55-41(59)16-18-57-29(5)50-24-42(57)58(66)67)40(54-35)22-37-27(3)32(13-15-44(62)63)39(53-37)23-38-31(12-14-43(60)61)26(2)36(52-38)21-34(25)51-30/h19-24,33,51-54H,9-18H2,1-8H3,(H,49,65)(H,55,59)(H,56,64)(H,60,61)(H,62,63). The number of carbonyl (C=O) groups is 5. The molecule has 6 rings (SSSR count). The number of aromatic nitrogens is 6. The van der Waals surface area contributed by atoms with Gasteiger partial charge < -0.3 is 61.0 Å². The molecule has 0 radical (unpaired) electrons. The first-order chi connectivity index (χ1) is 32.1. The number of hydrogen-bond acceptors (Lipinski definition) is 9. The maximum atomic E-state index is 14.5. The smallest absolute Gasteiger partial charge is 0.407 e. The monoisotopic (exact) mass is 936 g/mol. The molecule has 0 aromatic carbocycles. The van der Waals surface area contributed by atoms with Gasteiger partial charge in [0, 0.05) is 65.1 Å². The van der Waals surface area contributed by atoms with E-state index >= 15 is 0 Å². The predicted octanol–water partition coefficient (Wildman–Crippen LogP) is 3.52. The Kier molecular flexibility index (Phi) is 15.3. The summed E-state index contributed by atoms with van der Waals surface area (Å²) in [6.45, 7) is 14.7. The Bertz CT molecular complexity index is 3030. The molecule has 362 valence electrons. The number of fused-ring (bicyclic) bond motifs is 8. The third kappa shape index (κ3) is 12.2. The molecule has 0 spiro atoms. The average molecular weight is 937 g/mol. The number of hydrogen-bond donors (Lipinski definition) is 9. The molecule has 5 aromatic rings. The number of H-pyrrole nitrogens is 4. The lowest BCUT2D eigenvalue weighted by Gasteiger charge is -2.20. The molecule has 0 aliphatic carbocycles. The van der Waals surface area contributed by atoms with Crippen molar-refractivity contribution in [3.8, 4) is 0 Å². The largest absolute Gasteiger partial charge is 0.481 e. The third-order valence-corrected chi connectivity index (χ3v) is 11.9. The molecule has 8 bridgehead atoms. The molecule has 6 heterocycles. The van der Waals surface area contributed by atoms with E-state index in [9.17, 15) is 44.3 Å². The Morgan fingerprint density at radius 2 is 1.44 bits per heavy atom. The van der Waals surface area contributed by atoms with Crippen molar-refractivity contribution in [3.05, 3.63) is 106 Å². The van der Waals surface area contributed by atoms with E-state index in [4.69, 9.17) is 4.74 Å². The van der Waals surface area contributed by atoms with E-state index in [0.717, 1.165) is 50.8 Å². The van der Waals surface area contributed by atoms with E-state index in [1.165, 1.54) is 4.57 Å². The Labute approximate surface area is 391 Å². The van der Waals surface area contributed by atoms with Gasteiger partial charge in [-0.25, -0.2) is 14.3 Å². The summed E-state index contributed by atoms with van der Waals surface area (Å²) in [5, 5.41) is 42.2. The van der Waals surface area contributed by atoms with Crippen molar-refractivity contribution in [2.45, 2.75) is 125 Å².